The maximum atomic E-state index is 13.3. The summed E-state index contributed by atoms with van der Waals surface area (Å²) >= 11 is 0. The van der Waals surface area contributed by atoms with Crippen LogP contribution in [-0.4, -0.2) is 61.0 Å². The van der Waals surface area contributed by atoms with Gasteiger partial charge in [-0.25, -0.2) is 0 Å². The highest BCUT2D eigenvalue weighted by atomic mass is 19.4. The first-order chi connectivity index (χ1) is 16.4. The second-order valence-electron chi connectivity index (χ2n) is 9.20. The molecule has 0 saturated carbocycles. The van der Waals surface area contributed by atoms with Crippen LogP contribution in [0.3, 0.4) is 0 Å². The fourth-order valence-electron chi connectivity index (χ4n) is 4.98. The van der Waals surface area contributed by atoms with E-state index in [1.165, 1.54) is 4.90 Å². The Kier molecular flexibility index (Phi) is 7.15. The number of piperazine rings is 1. The lowest BCUT2D eigenvalue weighted by Crippen LogP contribution is -2.55. The number of nitrogens with zero attached hydrogens (tertiary/aromatic N) is 2. The van der Waals surface area contributed by atoms with E-state index in [4.69, 9.17) is 0 Å². The van der Waals surface area contributed by atoms with Crippen molar-refractivity contribution >= 4 is 5.91 Å². The Balaban J connectivity index is 1.65. The van der Waals surface area contributed by atoms with Gasteiger partial charge in [-0.05, 0) is 37.1 Å². The summed E-state index contributed by atoms with van der Waals surface area (Å²) in [4.78, 5) is 17.0. The second kappa shape index (κ2) is 9.81. The number of piperidine rings is 1. The van der Waals surface area contributed by atoms with Crippen molar-refractivity contribution in [1.82, 2.24) is 15.1 Å². The Bertz CT molecular complexity index is 1010. The summed E-state index contributed by atoms with van der Waals surface area (Å²) in [7, 11) is 0. The SMILES string of the molecule is Cc1ccc(C2CN(C(=O)c3cc(C(F)(F)F)cc(C(F)(F)F)c3)CCC2N2CCNCC2)cc1. The van der Waals surface area contributed by atoms with Gasteiger partial charge < -0.3 is 10.2 Å². The zero-order valence-corrected chi connectivity index (χ0v) is 19.2. The molecule has 0 aromatic heterocycles. The first-order valence-electron chi connectivity index (χ1n) is 11.5. The molecule has 2 aromatic rings. The van der Waals surface area contributed by atoms with Gasteiger partial charge in [0.1, 0.15) is 0 Å². The van der Waals surface area contributed by atoms with Crippen molar-refractivity contribution in [2.75, 3.05) is 39.3 Å². The lowest BCUT2D eigenvalue weighted by atomic mass is 9.84. The van der Waals surface area contributed by atoms with Gasteiger partial charge in [0.05, 0.1) is 11.1 Å². The Morgan fingerprint density at radius 2 is 1.46 bits per heavy atom. The monoisotopic (exact) mass is 499 g/mol. The summed E-state index contributed by atoms with van der Waals surface area (Å²) in [5.41, 5.74) is -1.50. The van der Waals surface area contributed by atoms with E-state index in [0.717, 1.165) is 37.3 Å². The van der Waals surface area contributed by atoms with Gasteiger partial charge >= 0.3 is 12.4 Å². The topological polar surface area (TPSA) is 35.6 Å². The predicted molar refractivity (Wildman–Crippen MR) is 119 cm³/mol. The first kappa shape index (κ1) is 25.5. The standard InChI is InChI=1S/C25H27F6N3O/c1-16-2-4-17(5-3-16)21-15-34(9-6-22(21)33-10-7-32-8-11-33)23(35)18-12-19(24(26,27)28)14-20(13-18)25(29,30)31/h2-5,12-14,21-22,32H,6-11,15H2,1H3. The van der Waals surface area contributed by atoms with E-state index in [2.05, 4.69) is 10.2 Å². The molecule has 0 aliphatic carbocycles. The quantitative estimate of drug-likeness (QED) is 0.608. The molecule has 2 atom stereocenters. The highest BCUT2D eigenvalue weighted by molar-refractivity contribution is 5.95. The van der Waals surface area contributed by atoms with Crippen LogP contribution in [0.1, 0.15) is 45.0 Å². The van der Waals surface area contributed by atoms with E-state index in [-0.39, 0.29) is 31.1 Å². The molecule has 0 bridgehead atoms. The molecule has 2 aromatic carbocycles. The van der Waals surface area contributed by atoms with Crippen LogP contribution in [0.4, 0.5) is 26.3 Å². The maximum Gasteiger partial charge on any atom is 0.416 e. The van der Waals surface area contributed by atoms with Crippen LogP contribution in [-0.2, 0) is 12.4 Å². The van der Waals surface area contributed by atoms with Crippen molar-refractivity contribution in [3.05, 3.63) is 70.3 Å². The number of halogens is 6. The number of hydrogen-bond acceptors (Lipinski definition) is 3. The van der Waals surface area contributed by atoms with E-state index in [1.807, 2.05) is 31.2 Å². The van der Waals surface area contributed by atoms with Crippen LogP contribution in [0.2, 0.25) is 0 Å². The van der Waals surface area contributed by atoms with Gasteiger partial charge in [-0.2, -0.15) is 26.3 Å². The van der Waals surface area contributed by atoms with E-state index in [1.54, 1.807) is 0 Å². The average Bonchev–Trinajstić information content (AvgIpc) is 2.83. The summed E-state index contributed by atoms with van der Waals surface area (Å²) in [5, 5.41) is 3.31. The zero-order chi connectivity index (χ0) is 25.4. The van der Waals surface area contributed by atoms with Gasteiger partial charge in [-0.3, -0.25) is 9.69 Å². The number of carbonyl (C=O) groups is 1. The minimum absolute atomic E-state index is 0.0442. The molecule has 2 heterocycles. The Hall–Kier alpha value is -2.59. The summed E-state index contributed by atoms with van der Waals surface area (Å²) in [6.45, 7) is 5.78. The molecule has 2 saturated heterocycles. The zero-order valence-electron chi connectivity index (χ0n) is 19.2. The summed E-state index contributed by atoms with van der Waals surface area (Å²) in [6.07, 6.45) is -9.43. The molecular formula is C25H27F6N3O. The smallest absolute Gasteiger partial charge is 0.338 e. The number of benzene rings is 2. The molecule has 190 valence electrons. The number of alkyl halides is 6. The molecule has 1 amide bonds. The number of rotatable bonds is 3. The van der Waals surface area contributed by atoms with Crippen molar-refractivity contribution in [3.63, 3.8) is 0 Å². The average molecular weight is 499 g/mol. The third-order valence-electron chi connectivity index (χ3n) is 6.82. The van der Waals surface area contributed by atoms with Gasteiger partial charge in [0.25, 0.3) is 5.91 Å². The summed E-state index contributed by atoms with van der Waals surface area (Å²) < 4.78 is 79.9. The Morgan fingerprint density at radius 3 is 2.00 bits per heavy atom. The fourth-order valence-corrected chi connectivity index (χ4v) is 4.98. The number of aryl methyl sites for hydroxylation is 1. The van der Waals surface area contributed by atoms with E-state index < -0.39 is 35.0 Å². The molecule has 1 N–H and O–H groups in total. The van der Waals surface area contributed by atoms with Gasteiger partial charge in [-0.15, -0.1) is 0 Å². The van der Waals surface area contributed by atoms with Crippen molar-refractivity contribution in [2.24, 2.45) is 0 Å². The van der Waals surface area contributed by atoms with Crippen LogP contribution in [0.15, 0.2) is 42.5 Å². The molecule has 35 heavy (non-hydrogen) atoms. The molecule has 0 spiro atoms. The van der Waals surface area contributed by atoms with Gasteiger partial charge in [-0.1, -0.05) is 29.8 Å². The van der Waals surface area contributed by atoms with E-state index in [9.17, 15) is 31.1 Å². The lowest BCUT2D eigenvalue weighted by Gasteiger charge is -2.45. The van der Waals surface area contributed by atoms with E-state index >= 15 is 0 Å². The molecule has 4 nitrogen and oxygen atoms in total. The second-order valence-corrected chi connectivity index (χ2v) is 9.20. The van der Waals surface area contributed by atoms with Crippen LogP contribution in [0, 0.1) is 6.92 Å². The van der Waals surface area contributed by atoms with Crippen LogP contribution >= 0.6 is 0 Å². The number of hydrogen-bond donors (Lipinski definition) is 1. The molecule has 2 aliphatic heterocycles. The lowest BCUT2D eigenvalue weighted by molar-refractivity contribution is -0.143. The fraction of sp³-hybridized carbons (Fsp3) is 0.480. The van der Waals surface area contributed by atoms with Crippen LogP contribution in [0.5, 0.6) is 0 Å². The Morgan fingerprint density at radius 1 is 0.886 bits per heavy atom. The van der Waals surface area contributed by atoms with Crippen LogP contribution in [0.25, 0.3) is 0 Å². The number of carbonyl (C=O) groups excluding carboxylic acids is 1. The third-order valence-corrected chi connectivity index (χ3v) is 6.82. The van der Waals surface area contributed by atoms with E-state index in [0.29, 0.717) is 18.6 Å². The largest absolute Gasteiger partial charge is 0.416 e. The van der Waals surface area contributed by atoms with Crippen molar-refractivity contribution in [1.29, 1.82) is 0 Å². The predicted octanol–water partition coefficient (Wildman–Crippen LogP) is 4.94. The van der Waals surface area contributed by atoms with Crippen molar-refractivity contribution < 1.29 is 31.1 Å². The van der Waals surface area contributed by atoms with Gasteiger partial charge in [0.15, 0.2) is 0 Å². The van der Waals surface area contributed by atoms with Crippen molar-refractivity contribution in [3.8, 4) is 0 Å². The molecule has 2 aliphatic rings. The molecule has 2 unspecified atom stereocenters. The number of likely N-dealkylation sites (tertiary alicyclic amines) is 1. The summed E-state index contributed by atoms with van der Waals surface area (Å²) in [5.74, 6) is -0.934. The highest BCUT2D eigenvalue weighted by Crippen LogP contribution is 2.37. The molecule has 10 heteroatoms. The van der Waals surface area contributed by atoms with Crippen molar-refractivity contribution in [2.45, 2.75) is 37.7 Å². The number of amides is 1. The number of nitrogens with one attached hydrogen (secondary N) is 1. The van der Waals surface area contributed by atoms with Gasteiger partial charge in [0, 0.05) is 56.8 Å². The minimum atomic E-state index is -5.00. The maximum absolute atomic E-state index is 13.3. The molecule has 2 fully saturated rings. The third kappa shape index (κ3) is 5.81. The molecule has 4 rings (SSSR count). The van der Waals surface area contributed by atoms with Gasteiger partial charge in [0.2, 0.25) is 0 Å². The molecular weight excluding hydrogens is 472 g/mol. The summed E-state index contributed by atoms with van der Waals surface area (Å²) in [6, 6.07) is 9.09. The first-order valence-corrected chi connectivity index (χ1v) is 11.5. The highest BCUT2D eigenvalue weighted by Gasteiger charge is 2.40. The van der Waals surface area contributed by atoms with Crippen LogP contribution < -0.4 is 5.32 Å². The normalized spacial score (nSPS) is 22.3. The minimum Gasteiger partial charge on any atom is -0.338 e. The Labute approximate surface area is 199 Å². The molecule has 0 radical (unpaired) electrons.